The van der Waals surface area contributed by atoms with Gasteiger partial charge in [0.1, 0.15) is 5.52 Å². The van der Waals surface area contributed by atoms with Crippen LogP contribution < -0.4 is 0 Å². The van der Waals surface area contributed by atoms with Gasteiger partial charge in [-0.1, -0.05) is 140 Å². The van der Waals surface area contributed by atoms with Gasteiger partial charge in [-0.05, 0) is 70.4 Å². The van der Waals surface area contributed by atoms with Gasteiger partial charge in [0, 0.05) is 38.7 Å². The van der Waals surface area contributed by atoms with Crippen molar-refractivity contribution in [2.24, 2.45) is 0 Å². The molecule has 0 aliphatic heterocycles. The third kappa shape index (κ3) is 5.43. The molecule has 0 aliphatic carbocycles. The second-order valence-corrected chi connectivity index (χ2v) is 13.9. The SMILES string of the molecule is c1ccc(-c2nc(-c3ccccc3)nc(-c3ccc(-c4ccc(-n5c6cc7ccccc7cc6c6ccc7nc(-c8ccccc8)oc7c65)cc4)cc3)n2)cc1. The fourth-order valence-corrected chi connectivity index (χ4v) is 7.69. The summed E-state index contributed by atoms with van der Waals surface area (Å²) in [6.07, 6.45) is 0. The van der Waals surface area contributed by atoms with Gasteiger partial charge in [-0.15, -0.1) is 0 Å². The summed E-state index contributed by atoms with van der Waals surface area (Å²) in [6.45, 7) is 0. The molecule has 11 rings (SSSR count). The number of hydrogen-bond acceptors (Lipinski definition) is 5. The number of hydrogen-bond donors (Lipinski definition) is 0. The van der Waals surface area contributed by atoms with Crippen molar-refractivity contribution in [3.8, 4) is 62.4 Å². The van der Waals surface area contributed by atoms with Crippen molar-refractivity contribution in [1.29, 1.82) is 0 Å². The van der Waals surface area contributed by atoms with Crippen LogP contribution in [-0.2, 0) is 0 Å². The number of nitrogens with zero attached hydrogens (tertiary/aromatic N) is 5. The van der Waals surface area contributed by atoms with Crippen molar-refractivity contribution < 1.29 is 4.42 Å². The van der Waals surface area contributed by atoms with Crippen molar-refractivity contribution in [3.63, 3.8) is 0 Å². The minimum absolute atomic E-state index is 0.610. The monoisotopic (exact) mass is 717 g/mol. The van der Waals surface area contributed by atoms with Crippen LogP contribution in [0.2, 0.25) is 0 Å². The van der Waals surface area contributed by atoms with Crippen molar-refractivity contribution in [1.82, 2.24) is 24.5 Å². The molecule has 0 radical (unpaired) electrons. The molecule has 0 N–H and O–H groups in total. The van der Waals surface area contributed by atoms with Gasteiger partial charge in [0.25, 0.3) is 0 Å². The van der Waals surface area contributed by atoms with Crippen molar-refractivity contribution >= 4 is 43.7 Å². The van der Waals surface area contributed by atoms with Crippen LogP contribution in [0.3, 0.4) is 0 Å². The molecule has 11 aromatic rings. The Kier molecular flexibility index (Phi) is 7.38. The molecule has 0 unspecified atom stereocenters. The lowest BCUT2D eigenvalue weighted by Crippen LogP contribution is -2.00. The highest BCUT2D eigenvalue weighted by Gasteiger charge is 2.20. The quantitative estimate of drug-likeness (QED) is 0.171. The molecule has 0 spiro atoms. The van der Waals surface area contributed by atoms with E-state index in [0.29, 0.717) is 23.4 Å². The smallest absolute Gasteiger partial charge is 0.227 e. The summed E-state index contributed by atoms with van der Waals surface area (Å²) in [7, 11) is 0. The van der Waals surface area contributed by atoms with Crippen molar-refractivity contribution in [3.05, 3.63) is 188 Å². The van der Waals surface area contributed by atoms with Crippen LogP contribution in [0.25, 0.3) is 106 Å². The second kappa shape index (κ2) is 13.0. The van der Waals surface area contributed by atoms with Gasteiger partial charge in [0.15, 0.2) is 23.1 Å². The molecule has 6 heteroatoms. The first kappa shape index (κ1) is 31.8. The normalized spacial score (nSPS) is 11.6. The molecular formula is C50H31N5O. The van der Waals surface area contributed by atoms with Crippen LogP contribution in [0.4, 0.5) is 0 Å². The highest BCUT2D eigenvalue weighted by atomic mass is 16.3. The van der Waals surface area contributed by atoms with Crippen LogP contribution in [0.5, 0.6) is 0 Å². The number of aromatic nitrogens is 5. The zero-order valence-corrected chi connectivity index (χ0v) is 30.0. The molecule has 3 aromatic heterocycles. The van der Waals surface area contributed by atoms with Gasteiger partial charge in [-0.3, -0.25) is 0 Å². The summed E-state index contributed by atoms with van der Waals surface area (Å²) in [6, 6.07) is 64.7. The molecular weight excluding hydrogens is 687 g/mol. The minimum atomic E-state index is 0.610. The number of benzene rings is 8. The third-order valence-corrected chi connectivity index (χ3v) is 10.5. The standard InChI is InChI=1S/C50H31N5O/c1-4-12-34(13-5-1)47-52-48(35-14-6-2-7-15-35)54-49(53-47)36-22-20-32(21-23-36)33-24-26-40(27-25-33)55-44-31-39-19-11-10-18-38(39)30-42(44)41-28-29-43-46(45(41)55)56-50(51-43)37-16-8-3-9-17-37/h1-31H. The first-order valence-corrected chi connectivity index (χ1v) is 18.6. The van der Waals surface area contributed by atoms with Crippen LogP contribution >= 0.6 is 0 Å². The van der Waals surface area contributed by atoms with Crippen molar-refractivity contribution in [2.75, 3.05) is 0 Å². The minimum Gasteiger partial charge on any atom is -0.434 e. The molecule has 0 atom stereocenters. The molecule has 0 bridgehead atoms. The summed E-state index contributed by atoms with van der Waals surface area (Å²) >= 11 is 0. The fraction of sp³-hybridized carbons (Fsp3) is 0. The Hall–Kier alpha value is -7.70. The first-order chi connectivity index (χ1) is 27.7. The Morgan fingerprint density at radius 3 is 1.45 bits per heavy atom. The second-order valence-electron chi connectivity index (χ2n) is 13.9. The molecule has 0 saturated carbocycles. The number of fused-ring (bicyclic) bond motifs is 6. The zero-order valence-electron chi connectivity index (χ0n) is 30.0. The Morgan fingerprint density at radius 2 is 0.857 bits per heavy atom. The predicted molar refractivity (Wildman–Crippen MR) is 226 cm³/mol. The number of oxazole rings is 1. The first-order valence-electron chi connectivity index (χ1n) is 18.6. The fourth-order valence-electron chi connectivity index (χ4n) is 7.69. The van der Waals surface area contributed by atoms with Gasteiger partial charge >= 0.3 is 0 Å². The summed E-state index contributed by atoms with van der Waals surface area (Å²) in [5.74, 6) is 2.53. The van der Waals surface area contributed by atoms with E-state index in [9.17, 15) is 0 Å². The van der Waals surface area contributed by atoms with Crippen LogP contribution in [0.15, 0.2) is 192 Å². The lowest BCUT2D eigenvalue weighted by atomic mass is 10.0. The van der Waals surface area contributed by atoms with Gasteiger partial charge in [-0.25, -0.2) is 19.9 Å². The molecule has 3 heterocycles. The highest BCUT2D eigenvalue weighted by molar-refractivity contribution is 6.19. The van der Waals surface area contributed by atoms with E-state index in [0.717, 1.165) is 66.6 Å². The lowest BCUT2D eigenvalue weighted by molar-refractivity contribution is 0.622. The van der Waals surface area contributed by atoms with Crippen LogP contribution in [-0.4, -0.2) is 24.5 Å². The zero-order chi connectivity index (χ0) is 37.0. The molecule has 0 aliphatic rings. The summed E-state index contributed by atoms with van der Waals surface area (Å²) in [5, 5.41) is 4.68. The maximum atomic E-state index is 6.62. The Balaban J connectivity index is 1.00. The number of rotatable bonds is 6. The molecule has 0 saturated heterocycles. The van der Waals surface area contributed by atoms with E-state index >= 15 is 0 Å². The van der Waals surface area contributed by atoms with Gasteiger partial charge in [0.2, 0.25) is 5.89 Å². The van der Waals surface area contributed by atoms with E-state index in [1.54, 1.807) is 0 Å². The Bertz CT molecular complexity index is 3150. The molecule has 262 valence electrons. The van der Waals surface area contributed by atoms with Gasteiger partial charge in [0.05, 0.1) is 11.0 Å². The topological polar surface area (TPSA) is 69.6 Å². The molecule has 0 amide bonds. The summed E-state index contributed by atoms with van der Waals surface area (Å²) in [5.41, 5.74) is 10.7. The maximum Gasteiger partial charge on any atom is 0.227 e. The molecule has 56 heavy (non-hydrogen) atoms. The average molecular weight is 718 g/mol. The van der Waals surface area contributed by atoms with Crippen LogP contribution in [0, 0.1) is 0 Å². The maximum absolute atomic E-state index is 6.62. The third-order valence-electron chi connectivity index (χ3n) is 10.5. The van der Waals surface area contributed by atoms with E-state index in [2.05, 4.69) is 102 Å². The highest BCUT2D eigenvalue weighted by Crippen LogP contribution is 2.40. The predicted octanol–water partition coefficient (Wildman–Crippen LogP) is 12.6. The lowest BCUT2D eigenvalue weighted by Gasteiger charge is -2.11. The van der Waals surface area contributed by atoms with Crippen molar-refractivity contribution in [2.45, 2.75) is 0 Å². The molecule has 8 aromatic carbocycles. The van der Waals surface area contributed by atoms with E-state index in [1.165, 1.54) is 16.2 Å². The van der Waals surface area contributed by atoms with E-state index in [1.807, 2.05) is 91.0 Å². The Morgan fingerprint density at radius 1 is 0.375 bits per heavy atom. The van der Waals surface area contributed by atoms with Gasteiger partial charge < -0.3 is 8.98 Å². The Labute approximate surface area is 322 Å². The van der Waals surface area contributed by atoms with E-state index < -0.39 is 0 Å². The van der Waals surface area contributed by atoms with Gasteiger partial charge in [-0.2, -0.15) is 0 Å². The van der Waals surface area contributed by atoms with Crippen LogP contribution in [0.1, 0.15) is 0 Å². The molecule has 6 nitrogen and oxygen atoms in total. The van der Waals surface area contributed by atoms with E-state index in [4.69, 9.17) is 24.4 Å². The largest absolute Gasteiger partial charge is 0.434 e. The average Bonchev–Trinajstić information content (AvgIpc) is 3.86. The summed E-state index contributed by atoms with van der Waals surface area (Å²) < 4.78 is 8.94. The summed E-state index contributed by atoms with van der Waals surface area (Å²) in [4.78, 5) is 19.6. The molecule has 0 fully saturated rings. The van der Waals surface area contributed by atoms with E-state index in [-0.39, 0.29) is 0 Å².